The summed E-state index contributed by atoms with van der Waals surface area (Å²) in [6.45, 7) is 0. The normalized spacial score (nSPS) is 10.4. The van der Waals surface area contributed by atoms with Crippen molar-refractivity contribution in [1.29, 1.82) is 0 Å². The molecular formula is C14H10ClFO2S. The molecule has 2 aromatic carbocycles. The molecule has 19 heavy (non-hydrogen) atoms. The van der Waals surface area contributed by atoms with Crippen molar-refractivity contribution in [3.8, 4) is 0 Å². The zero-order valence-corrected chi connectivity index (χ0v) is 11.3. The minimum atomic E-state index is -1.14. The molecule has 0 radical (unpaired) electrons. The molecule has 2 rings (SSSR count). The van der Waals surface area contributed by atoms with Crippen LogP contribution < -0.4 is 0 Å². The van der Waals surface area contributed by atoms with Crippen molar-refractivity contribution in [1.82, 2.24) is 0 Å². The third kappa shape index (κ3) is 3.49. The van der Waals surface area contributed by atoms with Gasteiger partial charge in [-0.1, -0.05) is 29.8 Å². The lowest BCUT2D eigenvalue weighted by atomic mass is 10.2. The van der Waals surface area contributed by atoms with Crippen molar-refractivity contribution >= 4 is 29.3 Å². The highest BCUT2D eigenvalue weighted by molar-refractivity contribution is 7.98. The molecule has 2 aromatic rings. The van der Waals surface area contributed by atoms with E-state index in [-0.39, 0.29) is 5.56 Å². The van der Waals surface area contributed by atoms with Crippen molar-refractivity contribution in [2.45, 2.75) is 10.6 Å². The maximum atomic E-state index is 13.0. The predicted molar refractivity (Wildman–Crippen MR) is 74.4 cm³/mol. The summed E-state index contributed by atoms with van der Waals surface area (Å²) in [4.78, 5) is 11.6. The molecule has 0 heterocycles. The molecule has 0 atom stereocenters. The van der Waals surface area contributed by atoms with Crippen LogP contribution >= 0.6 is 23.4 Å². The van der Waals surface area contributed by atoms with Crippen LogP contribution in [0.2, 0.25) is 5.02 Å². The Balaban J connectivity index is 2.20. The molecule has 98 valence electrons. The van der Waals surface area contributed by atoms with Crippen molar-refractivity contribution in [3.05, 3.63) is 64.4 Å². The van der Waals surface area contributed by atoms with Crippen molar-refractivity contribution in [2.75, 3.05) is 0 Å². The summed E-state index contributed by atoms with van der Waals surface area (Å²) in [5.41, 5.74) is 0.881. The lowest BCUT2D eigenvalue weighted by molar-refractivity contribution is 0.0692. The van der Waals surface area contributed by atoms with Crippen LogP contribution in [0.1, 0.15) is 15.9 Å². The summed E-state index contributed by atoms with van der Waals surface area (Å²) in [5, 5.41) is 9.67. The SMILES string of the molecule is O=C(O)c1cc(F)ccc1SCc1ccccc1Cl. The summed E-state index contributed by atoms with van der Waals surface area (Å²) >= 11 is 7.35. The van der Waals surface area contributed by atoms with Crippen LogP contribution in [0.5, 0.6) is 0 Å². The van der Waals surface area contributed by atoms with Gasteiger partial charge in [-0.15, -0.1) is 11.8 Å². The summed E-state index contributed by atoms with van der Waals surface area (Å²) in [6, 6.07) is 11.1. The number of carbonyl (C=O) groups is 1. The average Bonchev–Trinajstić information content (AvgIpc) is 2.38. The van der Waals surface area contributed by atoms with Crippen LogP contribution in [0.15, 0.2) is 47.4 Å². The number of carboxylic acids is 1. The molecule has 0 unspecified atom stereocenters. The second kappa shape index (κ2) is 6.08. The number of thioether (sulfide) groups is 1. The largest absolute Gasteiger partial charge is 0.478 e. The summed E-state index contributed by atoms with van der Waals surface area (Å²) in [7, 11) is 0. The summed E-state index contributed by atoms with van der Waals surface area (Å²) in [5.74, 6) is -1.16. The molecule has 0 aliphatic rings. The van der Waals surface area contributed by atoms with E-state index >= 15 is 0 Å². The Hall–Kier alpha value is -1.52. The van der Waals surface area contributed by atoms with Crippen molar-refractivity contribution < 1.29 is 14.3 Å². The Morgan fingerprint density at radius 3 is 2.68 bits per heavy atom. The van der Waals surface area contributed by atoms with Crippen LogP contribution in [0.3, 0.4) is 0 Å². The van der Waals surface area contributed by atoms with E-state index < -0.39 is 11.8 Å². The lowest BCUT2D eigenvalue weighted by Crippen LogP contribution is -1.99. The molecule has 5 heteroatoms. The van der Waals surface area contributed by atoms with E-state index in [0.717, 1.165) is 11.6 Å². The molecule has 1 N–H and O–H groups in total. The maximum absolute atomic E-state index is 13.0. The minimum Gasteiger partial charge on any atom is -0.478 e. The van der Waals surface area contributed by atoms with Gasteiger partial charge in [0, 0.05) is 15.7 Å². The topological polar surface area (TPSA) is 37.3 Å². The Morgan fingerprint density at radius 2 is 2.00 bits per heavy atom. The Kier molecular flexibility index (Phi) is 4.45. The number of aromatic carboxylic acids is 1. The van der Waals surface area contributed by atoms with Crippen LogP contribution in [0.4, 0.5) is 4.39 Å². The van der Waals surface area contributed by atoms with Gasteiger partial charge in [-0.25, -0.2) is 9.18 Å². The molecule has 0 aromatic heterocycles. The standard InChI is InChI=1S/C14H10ClFO2S/c15-12-4-2-1-3-9(12)8-19-13-6-5-10(16)7-11(13)14(17)18/h1-7H,8H2,(H,17,18). The van der Waals surface area contributed by atoms with Gasteiger partial charge in [0.2, 0.25) is 0 Å². The monoisotopic (exact) mass is 296 g/mol. The van der Waals surface area contributed by atoms with Gasteiger partial charge in [0.1, 0.15) is 5.82 Å². The van der Waals surface area contributed by atoms with E-state index in [4.69, 9.17) is 16.7 Å². The van der Waals surface area contributed by atoms with Gasteiger partial charge in [0.25, 0.3) is 0 Å². The zero-order valence-electron chi connectivity index (χ0n) is 9.77. The first-order chi connectivity index (χ1) is 9.08. The van der Waals surface area contributed by atoms with Crippen molar-refractivity contribution in [3.63, 3.8) is 0 Å². The smallest absolute Gasteiger partial charge is 0.336 e. The van der Waals surface area contributed by atoms with Crippen molar-refractivity contribution in [2.24, 2.45) is 0 Å². The molecule has 0 amide bonds. The minimum absolute atomic E-state index is 0.0305. The number of halogens is 2. The van der Waals surface area contributed by atoms with Crippen LogP contribution in [0.25, 0.3) is 0 Å². The predicted octanol–water partition coefficient (Wildman–Crippen LogP) is 4.47. The molecule has 0 fully saturated rings. The summed E-state index contributed by atoms with van der Waals surface area (Å²) in [6.07, 6.45) is 0. The molecular weight excluding hydrogens is 287 g/mol. The number of benzene rings is 2. The second-order valence-electron chi connectivity index (χ2n) is 3.83. The molecule has 2 nitrogen and oxygen atoms in total. The molecule has 0 spiro atoms. The van der Waals surface area contributed by atoms with Gasteiger partial charge in [-0.05, 0) is 29.8 Å². The zero-order chi connectivity index (χ0) is 13.8. The molecule has 0 aliphatic carbocycles. The van der Waals surface area contributed by atoms with Crippen LogP contribution in [-0.2, 0) is 5.75 Å². The highest BCUT2D eigenvalue weighted by atomic mass is 35.5. The van der Waals surface area contributed by atoms with E-state index in [9.17, 15) is 9.18 Å². The van der Waals surface area contributed by atoms with E-state index in [1.54, 1.807) is 6.07 Å². The van der Waals surface area contributed by atoms with Gasteiger partial charge in [0.05, 0.1) is 5.56 Å². The van der Waals surface area contributed by atoms with E-state index in [0.29, 0.717) is 15.7 Å². The fourth-order valence-corrected chi connectivity index (χ4v) is 2.88. The number of hydrogen-bond donors (Lipinski definition) is 1. The number of carboxylic acid groups (broad SMARTS) is 1. The number of hydrogen-bond acceptors (Lipinski definition) is 2. The second-order valence-corrected chi connectivity index (χ2v) is 5.25. The Labute approximate surface area is 119 Å². The molecule has 0 saturated heterocycles. The van der Waals surface area contributed by atoms with Crippen LogP contribution in [-0.4, -0.2) is 11.1 Å². The first-order valence-corrected chi connectivity index (χ1v) is 6.83. The van der Waals surface area contributed by atoms with Crippen LogP contribution in [0, 0.1) is 5.82 Å². The van der Waals surface area contributed by atoms with Gasteiger partial charge in [-0.2, -0.15) is 0 Å². The van der Waals surface area contributed by atoms with E-state index in [2.05, 4.69) is 0 Å². The highest BCUT2D eigenvalue weighted by Crippen LogP contribution is 2.29. The van der Waals surface area contributed by atoms with E-state index in [1.807, 2.05) is 18.2 Å². The Bertz CT molecular complexity index is 616. The van der Waals surface area contributed by atoms with Gasteiger partial charge < -0.3 is 5.11 Å². The van der Waals surface area contributed by atoms with E-state index in [1.165, 1.54) is 23.9 Å². The molecule has 0 saturated carbocycles. The summed E-state index contributed by atoms with van der Waals surface area (Å²) < 4.78 is 13.0. The third-order valence-corrected chi connectivity index (χ3v) is 4.00. The molecule has 0 bridgehead atoms. The fourth-order valence-electron chi connectivity index (χ4n) is 1.57. The van der Waals surface area contributed by atoms with Gasteiger partial charge in [-0.3, -0.25) is 0 Å². The first kappa shape index (κ1) is 13.9. The third-order valence-electron chi connectivity index (χ3n) is 2.51. The molecule has 0 aliphatic heterocycles. The maximum Gasteiger partial charge on any atom is 0.336 e. The number of rotatable bonds is 4. The van der Waals surface area contributed by atoms with Gasteiger partial charge in [0.15, 0.2) is 0 Å². The quantitative estimate of drug-likeness (QED) is 0.846. The average molecular weight is 297 g/mol. The Morgan fingerprint density at radius 1 is 1.26 bits per heavy atom. The van der Waals surface area contributed by atoms with Gasteiger partial charge >= 0.3 is 5.97 Å². The fraction of sp³-hybridized carbons (Fsp3) is 0.0714. The highest BCUT2D eigenvalue weighted by Gasteiger charge is 2.12. The lowest BCUT2D eigenvalue weighted by Gasteiger charge is -2.07. The first-order valence-electron chi connectivity index (χ1n) is 5.47.